The molecular formula is C5H8N2O2. The molecule has 0 saturated heterocycles. The van der Waals surface area contributed by atoms with Crippen LogP contribution in [0.5, 0.6) is 0 Å². The standard InChI is InChI=1S/C5H8N2O2/c1-7-2-4(5(8)9)6-3-7/h3-4H,2H2,1H3,(H,8,9). The van der Waals surface area contributed by atoms with Gasteiger partial charge in [-0.1, -0.05) is 0 Å². The van der Waals surface area contributed by atoms with E-state index in [0.717, 1.165) is 0 Å². The van der Waals surface area contributed by atoms with Gasteiger partial charge in [0.25, 0.3) is 0 Å². The van der Waals surface area contributed by atoms with E-state index in [1.807, 2.05) is 0 Å². The van der Waals surface area contributed by atoms with Gasteiger partial charge in [-0.15, -0.1) is 0 Å². The molecule has 50 valence electrons. The number of carboxylic acid groups (broad SMARTS) is 1. The molecule has 0 amide bonds. The lowest BCUT2D eigenvalue weighted by Gasteiger charge is -2.04. The van der Waals surface area contributed by atoms with Crippen LogP contribution in [0.3, 0.4) is 0 Å². The van der Waals surface area contributed by atoms with Gasteiger partial charge in [0.2, 0.25) is 0 Å². The molecule has 0 aliphatic carbocycles. The third-order valence-electron chi connectivity index (χ3n) is 1.19. The zero-order valence-corrected chi connectivity index (χ0v) is 5.11. The van der Waals surface area contributed by atoms with E-state index in [4.69, 9.17) is 5.11 Å². The molecule has 1 atom stereocenters. The molecule has 4 heteroatoms. The van der Waals surface area contributed by atoms with Crippen LogP contribution < -0.4 is 0 Å². The van der Waals surface area contributed by atoms with Gasteiger partial charge in [0.05, 0.1) is 12.9 Å². The number of carboxylic acids is 1. The molecule has 1 aliphatic rings. The first-order chi connectivity index (χ1) is 4.20. The normalized spacial score (nSPS) is 25.0. The Balaban J connectivity index is 2.50. The summed E-state index contributed by atoms with van der Waals surface area (Å²) in [4.78, 5) is 15.7. The Hall–Kier alpha value is -1.06. The van der Waals surface area contributed by atoms with E-state index < -0.39 is 12.0 Å². The molecule has 0 fully saturated rings. The lowest BCUT2D eigenvalue weighted by Crippen LogP contribution is -2.25. The largest absolute Gasteiger partial charge is 0.480 e. The minimum absolute atomic E-state index is 0.495. The molecule has 0 bridgehead atoms. The van der Waals surface area contributed by atoms with E-state index in [0.29, 0.717) is 6.54 Å². The molecule has 1 unspecified atom stereocenters. The van der Waals surface area contributed by atoms with Gasteiger partial charge in [0.15, 0.2) is 6.04 Å². The molecule has 0 spiro atoms. The lowest BCUT2D eigenvalue weighted by atomic mass is 10.3. The maximum atomic E-state index is 10.2. The fraction of sp³-hybridized carbons (Fsp3) is 0.600. The third-order valence-corrected chi connectivity index (χ3v) is 1.19. The zero-order valence-electron chi connectivity index (χ0n) is 5.11. The van der Waals surface area contributed by atoms with Crippen molar-refractivity contribution in [2.45, 2.75) is 6.04 Å². The number of hydrogen-bond donors (Lipinski definition) is 1. The highest BCUT2D eigenvalue weighted by atomic mass is 16.4. The molecule has 0 saturated carbocycles. The number of hydrogen-bond acceptors (Lipinski definition) is 3. The highest BCUT2D eigenvalue weighted by molar-refractivity contribution is 5.78. The Morgan fingerprint density at radius 3 is 2.89 bits per heavy atom. The van der Waals surface area contributed by atoms with Crippen LogP contribution in [-0.4, -0.2) is 41.9 Å². The molecule has 0 radical (unpaired) electrons. The molecule has 0 aromatic carbocycles. The van der Waals surface area contributed by atoms with Crippen LogP contribution in [0.15, 0.2) is 4.99 Å². The van der Waals surface area contributed by atoms with Crippen LogP contribution in [0, 0.1) is 0 Å². The van der Waals surface area contributed by atoms with Crippen molar-refractivity contribution in [3.05, 3.63) is 0 Å². The number of aliphatic imine (C=N–C) groups is 1. The van der Waals surface area contributed by atoms with E-state index >= 15 is 0 Å². The molecule has 4 nitrogen and oxygen atoms in total. The van der Waals surface area contributed by atoms with Crippen molar-refractivity contribution in [2.75, 3.05) is 13.6 Å². The molecule has 1 N–H and O–H groups in total. The van der Waals surface area contributed by atoms with Gasteiger partial charge in [0, 0.05) is 7.05 Å². The summed E-state index contributed by atoms with van der Waals surface area (Å²) in [6.07, 6.45) is 1.54. The second-order valence-electron chi connectivity index (χ2n) is 2.06. The summed E-state index contributed by atoms with van der Waals surface area (Å²) in [6.45, 7) is 0.495. The van der Waals surface area contributed by atoms with Crippen molar-refractivity contribution in [1.29, 1.82) is 0 Å². The van der Waals surface area contributed by atoms with Gasteiger partial charge in [-0.2, -0.15) is 0 Å². The van der Waals surface area contributed by atoms with Gasteiger partial charge in [0.1, 0.15) is 0 Å². The van der Waals surface area contributed by atoms with E-state index in [1.54, 1.807) is 18.3 Å². The quantitative estimate of drug-likeness (QED) is 0.513. The van der Waals surface area contributed by atoms with E-state index in [9.17, 15) is 4.79 Å². The minimum atomic E-state index is -0.851. The van der Waals surface area contributed by atoms with Gasteiger partial charge >= 0.3 is 5.97 Å². The maximum absolute atomic E-state index is 10.2. The van der Waals surface area contributed by atoms with Crippen LogP contribution in [0.25, 0.3) is 0 Å². The first-order valence-electron chi connectivity index (χ1n) is 2.66. The first kappa shape index (κ1) is 6.07. The smallest absolute Gasteiger partial charge is 0.330 e. The zero-order chi connectivity index (χ0) is 6.85. The van der Waals surface area contributed by atoms with Gasteiger partial charge in [-0.05, 0) is 0 Å². The van der Waals surface area contributed by atoms with Crippen molar-refractivity contribution in [3.8, 4) is 0 Å². The van der Waals surface area contributed by atoms with E-state index in [1.165, 1.54) is 0 Å². The molecule has 0 aromatic rings. The summed E-state index contributed by atoms with van der Waals surface area (Å²) in [6, 6.07) is -0.546. The van der Waals surface area contributed by atoms with Crippen molar-refractivity contribution in [2.24, 2.45) is 4.99 Å². The Kier molecular flexibility index (Phi) is 1.38. The van der Waals surface area contributed by atoms with Gasteiger partial charge < -0.3 is 10.0 Å². The summed E-state index contributed by atoms with van der Waals surface area (Å²) in [7, 11) is 1.80. The number of aliphatic carboxylic acids is 1. The molecule has 1 heterocycles. The Bertz CT molecular complexity index is 155. The fourth-order valence-electron chi connectivity index (χ4n) is 0.703. The van der Waals surface area contributed by atoms with Crippen molar-refractivity contribution >= 4 is 12.3 Å². The number of carbonyl (C=O) groups is 1. The molecule has 1 rings (SSSR count). The number of likely N-dealkylation sites (N-methyl/N-ethyl adjacent to an activating group) is 1. The summed E-state index contributed by atoms with van der Waals surface area (Å²) in [5.41, 5.74) is 0. The highest BCUT2D eigenvalue weighted by Crippen LogP contribution is 1.99. The van der Waals surface area contributed by atoms with Crippen LogP contribution in [0.1, 0.15) is 0 Å². The van der Waals surface area contributed by atoms with Crippen LogP contribution in [0.4, 0.5) is 0 Å². The topological polar surface area (TPSA) is 52.9 Å². The molecule has 9 heavy (non-hydrogen) atoms. The van der Waals surface area contributed by atoms with Crippen LogP contribution >= 0.6 is 0 Å². The predicted molar refractivity (Wildman–Crippen MR) is 32.5 cm³/mol. The van der Waals surface area contributed by atoms with Crippen molar-refractivity contribution in [1.82, 2.24) is 4.90 Å². The summed E-state index contributed by atoms with van der Waals surface area (Å²) in [5.74, 6) is -0.851. The van der Waals surface area contributed by atoms with Gasteiger partial charge in [-0.3, -0.25) is 4.99 Å². The predicted octanol–water partition coefficient (Wildman–Crippen LogP) is -0.587. The second-order valence-corrected chi connectivity index (χ2v) is 2.06. The summed E-state index contributed by atoms with van der Waals surface area (Å²) in [5, 5.41) is 8.39. The average Bonchev–Trinajstić information content (AvgIpc) is 2.14. The Labute approximate surface area is 52.8 Å². The first-order valence-corrected chi connectivity index (χ1v) is 2.66. The molecular weight excluding hydrogens is 120 g/mol. The number of rotatable bonds is 1. The third kappa shape index (κ3) is 1.19. The fourth-order valence-corrected chi connectivity index (χ4v) is 0.703. The van der Waals surface area contributed by atoms with E-state index in [-0.39, 0.29) is 0 Å². The monoisotopic (exact) mass is 128 g/mol. The molecule has 1 aliphatic heterocycles. The minimum Gasteiger partial charge on any atom is -0.480 e. The van der Waals surface area contributed by atoms with Crippen molar-refractivity contribution < 1.29 is 9.90 Å². The average molecular weight is 128 g/mol. The van der Waals surface area contributed by atoms with E-state index in [2.05, 4.69) is 4.99 Å². The number of nitrogens with zero attached hydrogens (tertiary/aromatic N) is 2. The molecule has 0 aromatic heterocycles. The van der Waals surface area contributed by atoms with Crippen molar-refractivity contribution in [3.63, 3.8) is 0 Å². The summed E-state index contributed by atoms with van der Waals surface area (Å²) >= 11 is 0. The lowest BCUT2D eigenvalue weighted by molar-refractivity contribution is -0.138. The summed E-state index contributed by atoms with van der Waals surface area (Å²) < 4.78 is 0. The highest BCUT2D eigenvalue weighted by Gasteiger charge is 2.20. The SMILES string of the molecule is CN1C=NC(C(=O)O)C1. The van der Waals surface area contributed by atoms with Crippen LogP contribution in [0.2, 0.25) is 0 Å². The second kappa shape index (κ2) is 2.05. The van der Waals surface area contributed by atoms with Gasteiger partial charge in [-0.25, -0.2) is 4.79 Å². The Morgan fingerprint density at radius 2 is 2.67 bits per heavy atom. The maximum Gasteiger partial charge on any atom is 0.330 e. The van der Waals surface area contributed by atoms with Crippen LogP contribution in [-0.2, 0) is 4.79 Å². The Morgan fingerprint density at radius 1 is 2.00 bits per heavy atom.